The van der Waals surface area contributed by atoms with Crippen LogP contribution in [0.1, 0.15) is 39.5 Å². The highest BCUT2D eigenvalue weighted by Gasteiger charge is 2.20. The number of hydrogen-bond acceptors (Lipinski definition) is 2. The number of urea groups is 1. The summed E-state index contributed by atoms with van der Waals surface area (Å²) in [4.78, 5) is 11.5. The van der Waals surface area contributed by atoms with Gasteiger partial charge in [-0.3, -0.25) is 0 Å². The van der Waals surface area contributed by atoms with Crippen LogP contribution < -0.4 is 10.6 Å². The molecule has 4 heteroatoms. The maximum absolute atomic E-state index is 11.5. The molecule has 1 rings (SSSR count). The minimum atomic E-state index is -0.397. The molecular formula is C11H19N3O. The third kappa shape index (κ3) is 3.78. The van der Waals surface area contributed by atoms with Crippen LogP contribution in [-0.2, 0) is 0 Å². The summed E-state index contributed by atoms with van der Waals surface area (Å²) in [5.74, 6) is 0.143. The van der Waals surface area contributed by atoms with Crippen molar-refractivity contribution in [3.05, 3.63) is 0 Å². The van der Waals surface area contributed by atoms with E-state index in [0.717, 1.165) is 12.8 Å². The second-order valence-corrected chi connectivity index (χ2v) is 4.45. The summed E-state index contributed by atoms with van der Waals surface area (Å²) in [5.41, 5.74) is 0. The molecule has 0 spiro atoms. The molecule has 0 aromatic rings. The van der Waals surface area contributed by atoms with Crippen LogP contribution in [0.15, 0.2) is 0 Å². The Labute approximate surface area is 91.0 Å². The van der Waals surface area contributed by atoms with E-state index in [2.05, 4.69) is 16.7 Å². The smallest absolute Gasteiger partial charge is 0.316 e. The predicted octanol–water partition coefficient (Wildman–Crippen LogP) is 1.78. The van der Waals surface area contributed by atoms with Crippen LogP contribution in [0.3, 0.4) is 0 Å². The molecule has 1 aliphatic rings. The second-order valence-electron chi connectivity index (χ2n) is 4.45. The van der Waals surface area contributed by atoms with Gasteiger partial charge in [0.25, 0.3) is 0 Å². The lowest BCUT2D eigenvalue weighted by atomic mass is 10.1. The first-order valence-corrected chi connectivity index (χ1v) is 5.60. The van der Waals surface area contributed by atoms with Crippen LogP contribution in [0.2, 0.25) is 0 Å². The molecular weight excluding hydrogens is 190 g/mol. The van der Waals surface area contributed by atoms with Gasteiger partial charge in [0.2, 0.25) is 0 Å². The Balaban J connectivity index is 2.31. The van der Waals surface area contributed by atoms with Crippen molar-refractivity contribution in [3.63, 3.8) is 0 Å². The van der Waals surface area contributed by atoms with Gasteiger partial charge in [0.05, 0.1) is 6.07 Å². The molecule has 1 fully saturated rings. The molecule has 1 atom stereocenters. The number of carbonyl (C=O) groups excluding carboxylic acids is 1. The Morgan fingerprint density at radius 3 is 2.47 bits per heavy atom. The van der Waals surface area contributed by atoms with Gasteiger partial charge in [-0.15, -0.1) is 0 Å². The summed E-state index contributed by atoms with van der Waals surface area (Å²) in [6, 6.07) is 1.78. The summed E-state index contributed by atoms with van der Waals surface area (Å²) in [7, 11) is 0. The van der Waals surface area contributed by atoms with E-state index in [-0.39, 0.29) is 11.9 Å². The lowest BCUT2D eigenvalue weighted by Crippen LogP contribution is -2.46. The van der Waals surface area contributed by atoms with E-state index in [0.29, 0.717) is 6.04 Å². The first-order chi connectivity index (χ1) is 7.13. The molecule has 0 aliphatic heterocycles. The normalized spacial score (nSPS) is 18.5. The van der Waals surface area contributed by atoms with Crippen LogP contribution in [0.4, 0.5) is 4.79 Å². The summed E-state index contributed by atoms with van der Waals surface area (Å²) in [6.45, 7) is 3.84. The third-order valence-corrected chi connectivity index (χ3v) is 2.78. The highest BCUT2D eigenvalue weighted by Crippen LogP contribution is 2.17. The Kier molecular flexibility index (Phi) is 4.41. The molecule has 2 N–H and O–H groups in total. The topological polar surface area (TPSA) is 64.9 Å². The van der Waals surface area contributed by atoms with Crippen LogP contribution >= 0.6 is 0 Å². The van der Waals surface area contributed by atoms with Gasteiger partial charge in [0.15, 0.2) is 0 Å². The number of carbonyl (C=O) groups is 1. The number of nitrogens with zero attached hydrogens (tertiary/aromatic N) is 1. The van der Waals surface area contributed by atoms with Crippen molar-refractivity contribution in [2.45, 2.75) is 51.6 Å². The van der Waals surface area contributed by atoms with Crippen molar-refractivity contribution in [1.29, 1.82) is 5.26 Å². The Morgan fingerprint density at radius 1 is 1.40 bits per heavy atom. The van der Waals surface area contributed by atoms with Gasteiger partial charge in [0.1, 0.15) is 6.04 Å². The molecule has 0 bridgehead atoms. The molecule has 0 aromatic carbocycles. The van der Waals surface area contributed by atoms with E-state index in [1.54, 1.807) is 0 Å². The van der Waals surface area contributed by atoms with Gasteiger partial charge >= 0.3 is 6.03 Å². The highest BCUT2D eigenvalue weighted by molar-refractivity contribution is 5.75. The zero-order chi connectivity index (χ0) is 11.3. The van der Waals surface area contributed by atoms with Crippen molar-refractivity contribution < 1.29 is 4.79 Å². The van der Waals surface area contributed by atoms with E-state index < -0.39 is 6.04 Å². The average Bonchev–Trinajstić information content (AvgIpc) is 2.66. The average molecular weight is 209 g/mol. The minimum Gasteiger partial charge on any atom is -0.335 e. The fourth-order valence-corrected chi connectivity index (χ4v) is 1.79. The number of hydrogen-bond donors (Lipinski definition) is 2. The molecule has 0 saturated heterocycles. The summed E-state index contributed by atoms with van der Waals surface area (Å²) in [5, 5.41) is 14.4. The first-order valence-electron chi connectivity index (χ1n) is 5.60. The lowest BCUT2D eigenvalue weighted by Gasteiger charge is -2.18. The maximum Gasteiger partial charge on any atom is 0.316 e. The summed E-state index contributed by atoms with van der Waals surface area (Å²) >= 11 is 0. The van der Waals surface area contributed by atoms with Crippen molar-refractivity contribution >= 4 is 6.03 Å². The van der Waals surface area contributed by atoms with Crippen LogP contribution in [0.5, 0.6) is 0 Å². The monoisotopic (exact) mass is 209 g/mol. The molecule has 0 heterocycles. The van der Waals surface area contributed by atoms with Crippen molar-refractivity contribution in [2.75, 3.05) is 0 Å². The van der Waals surface area contributed by atoms with Crippen LogP contribution in [0, 0.1) is 17.2 Å². The maximum atomic E-state index is 11.5. The van der Waals surface area contributed by atoms with Gasteiger partial charge in [-0.25, -0.2) is 4.79 Å². The van der Waals surface area contributed by atoms with Gasteiger partial charge < -0.3 is 10.6 Å². The summed E-state index contributed by atoms with van der Waals surface area (Å²) in [6.07, 6.45) is 4.51. The fraction of sp³-hybridized carbons (Fsp3) is 0.818. The first kappa shape index (κ1) is 11.8. The molecule has 1 unspecified atom stereocenters. The molecule has 84 valence electrons. The van der Waals surface area contributed by atoms with E-state index in [4.69, 9.17) is 5.26 Å². The zero-order valence-electron chi connectivity index (χ0n) is 9.42. The predicted molar refractivity (Wildman–Crippen MR) is 58.2 cm³/mol. The number of rotatable bonds is 3. The standard InChI is InChI=1S/C11H19N3O/c1-8(2)10(7-12)14-11(15)13-9-5-3-4-6-9/h8-10H,3-6H2,1-2H3,(H2,13,14,15). The van der Waals surface area contributed by atoms with Crippen molar-refractivity contribution in [1.82, 2.24) is 10.6 Å². The lowest BCUT2D eigenvalue weighted by molar-refractivity contribution is 0.233. The van der Waals surface area contributed by atoms with Crippen molar-refractivity contribution in [2.24, 2.45) is 5.92 Å². The Morgan fingerprint density at radius 2 is 2.00 bits per heavy atom. The van der Waals surface area contributed by atoms with E-state index in [1.165, 1.54) is 12.8 Å². The van der Waals surface area contributed by atoms with Gasteiger partial charge in [0, 0.05) is 6.04 Å². The molecule has 0 aromatic heterocycles. The number of nitrogens with one attached hydrogen (secondary N) is 2. The molecule has 15 heavy (non-hydrogen) atoms. The van der Waals surface area contributed by atoms with Crippen LogP contribution in [-0.4, -0.2) is 18.1 Å². The largest absolute Gasteiger partial charge is 0.335 e. The van der Waals surface area contributed by atoms with Gasteiger partial charge in [-0.05, 0) is 18.8 Å². The fourth-order valence-electron chi connectivity index (χ4n) is 1.79. The second kappa shape index (κ2) is 5.59. The zero-order valence-corrected chi connectivity index (χ0v) is 9.42. The minimum absolute atomic E-state index is 0.143. The van der Waals surface area contributed by atoms with Gasteiger partial charge in [-0.1, -0.05) is 26.7 Å². The van der Waals surface area contributed by atoms with E-state index in [9.17, 15) is 4.79 Å². The van der Waals surface area contributed by atoms with E-state index >= 15 is 0 Å². The van der Waals surface area contributed by atoms with E-state index in [1.807, 2.05) is 13.8 Å². The quantitative estimate of drug-likeness (QED) is 0.744. The molecule has 2 amide bonds. The van der Waals surface area contributed by atoms with Crippen LogP contribution in [0.25, 0.3) is 0 Å². The third-order valence-electron chi connectivity index (χ3n) is 2.78. The summed E-state index contributed by atoms with van der Waals surface area (Å²) < 4.78 is 0. The molecule has 0 radical (unpaired) electrons. The Bertz CT molecular complexity index is 251. The van der Waals surface area contributed by atoms with Crippen molar-refractivity contribution in [3.8, 4) is 6.07 Å². The highest BCUT2D eigenvalue weighted by atomic mass is 16.2. The SMILES string of the molecule is CC(C)C(C#N)NC(=O)NC1CCCC1. The molecule has 1 aliphatic carbocycles. The Hall–Kier alpha value is -1.24. The number of amides is 2. The molecule has 4 nitrogen and oxygen atoms in total. The van der Waals surface area contributed by atoms with Gasteiger partial charge in [-0.2, -0.15) is 5.26 Å². The molecule has 1 saturated carbocycles. The number of nitriles is 1.